The number of fused-ring (bicyclic) bond motifs is 1. The van der Waals surface area contributed by atoms with E-state index in [4.69, 9.17) is 0 Å². The van der Waals surface area contributed by atoms with Gasteiger partial charge >= 0.3 is 5.97 Å². The zero-order valence-corrected chi connectivity index (χ0v) is 17.6. The average Bonchev–Trinajstić information content (AvgIpc) is 3.18. The molecule has 3 fully saturated rings. The summed E-state index contributed by atoms with van der Waals surface area (Å²) in [5.74, 6) is -1.13. The summed E-state index contributed by atoms with van der Waals surface area (Å²) in [5, 5.41) is 23.7. The van der Waals surface area contributed by atoms with Gasteiger partial charge in [-0.25, -0.2) is 4.79 Å². The zero-order chi connectivity index (χ0) is 20.2. The molecule has 1 amide bonds. The number of likely N-dealkylation sites (tertiary alicyclic amines) is 1. The first kappa shape index (κ1) is 20.2. The van der Waals surface area contributed by atoms with Crippen LogP contribution in [-0.4, -0.2) is 82.0 Å². The van der Waals surface area contributed by atoms with Crippen LogP contribution in [0.15, 0.2) is 10.6 Å². The monoisotopic (exact) mass is 409 g/mol. The number of hydrogen-bond donors (Lipinski definition) is 3. The van der Waals surface area contributed by atoms with Gasteiger partial charge in [-0.15, -0.1) is 11.8 Å². The number of nitrogens with zero attached hydrogens (tertiary/aromatic N) is 2. The maximum absolute atomic E-state index is 12.5. The molecule has 0 aliphatic carbocycles. The summed E-state index contributed by atoms with van der Waals surface area (Å²) in [6.45, 7) is 6.78. The van der Waals surface area contributed by atoms with E-state index in [1.54, 1.807) is 18.7 Å². The van der Waals surface area contributed by atoms with Gasteiger partial charge in [-0.1, -0.05) is 6.92 Å². The number of carboxylic acids is 1. The highest BCUT2D eigenvalue weighted by Crippen LogP contribution is 2.52. The molecule has 0 saturated carbocycles. The second-order valence-electron chi connectivity index (χ2n) is 8.90. The lowest BCUT2D eigenvalue weighted by atomic mass is 9.79. The van der Waals surface area contributed by atoms with Crippen molar-refractivity contribution in [2.45, 2.75) is 56.5 Å². The number of carbonyl (C=O) groups excluding carboxylic acids is 1. The van der Waals surface area contributed by atoms with Crippen LogP contribution in [0.1, 0.15) is 33.1 Å². The Morgan fingerprint density at radius 2 is 2.00 bits per heavy atom. The Morgan fingerprint density at radius 1 is 1.32 bits per heavy atom. The van der Waals surface area contributed by atoms with E-state index >= 15 is 0 Å². The van der Waals surface area contributed by atoms with Crippen molar-refractivity contribution in [2.75, 3.05) is 26.7 Å². The number of aliphatic hydroxyl groups is 1. The normalized spacial score (nSPS) is 37.9. The van der Waals surface area contributed by atoms with Gasteiger partial charge in [-0.2, -0.15) is 0 Å². The number of amides is 1. The fourth-order valence-electron chi connectivity index (χ4n) is 5.47. The van der Waals surface area contributed by atoms with E-state index in [0.29, 0.717) is 17.2 Å². The molecule has 4 aliphatic rings. The van der Waals surface area contributed by atoms with Crippen LogP contribution < -0.4 is 5.32 Å². The number of β-lactam (4-membered cyclic amide) rings is 1. The predicted molar refractivity (Wildman–Crippen MR) is 108 cm³/mol. The van der Waals surface area contributed by atoms with Crippen LogP contribution in [-0.2, 0) is 9.59 Å². The highest BCUT2D eigenvalue weighted by atomic mass is 32.2. The van der Waals surface area contributed by atoms with Crippen LogP contribution in [0.5, 0.6) is 0 Å². The largest absolute Gasteiger partial charge is 0.477 e. The van der Waals surface area contributed by atoms with Gasteiger partial charge in [0.1, 0.15) is 5.70 Å². The van der Waals surface area contributed by atoms with Gasteiger partial charge in [-0.05, 0) is 52.2 Å². The van der Waals surface area contributed by atoms with Crippen molar-refractivity contribution < 1.29 is 19.8 Å². The molecule has 4 rings (SSSR count). The molecule has 3 N–H and O–H groups in total. The number of rotatable bonds is 5. The van der Waals surface area contributed by atoms with E-state index in [1.807, 2.05) is 6.92 Å². The number of aliphatic carboxylic acids is 1. The molecule has 3 saturated heterocycles. The van der Waals surface area contributed by atoms with Gasteiger partial charge in [-0.3, -0.25) is 4.79 Å². The van der Waals surface area contributed by atoms with Crippen LogP contribution in [0.4, 0.5) is 0 Å². The number of nitrogens with one attached hydrogen (secondary N) is 1. The molecule has 4 aliphatic heterocycles. The van der Waals surface area contributed by atoms with Crippen molar-refractivity contribution in [3.05, 3.63) is 10.6 Å². The Balaban J connectivity index is 1.45. The first-order valence-electron chi connectivity index (χ1n) is 10.4. The lowest BCUT2D eigenvalue weighted by molar-refractivity contribution is -0.163. The fourth-order valence-corrected chi connectivity index (χ4v) is 6.96. The minimum atomic E-state index is -1.04. The topological polar surface area (TPSA) is 93.1 Å². The minimum absolute atomic E-state index is 0.0456. The van der Waals surface area contributed by atoms with Gasteiger partial charge in [0.2, 0.25) is 5.91 Å². The molecule has 8 heteroatoms. The smallest absolute Gasteiger partial charge is 0.353 e. The van der Waals surface area contributed by atoms with Crippen LogP contribution in [0, 0.1) is 17.8 Å². The van der Waals surface area contributed by atoms with Gasteiger partial charge in [0.05, 0.1) is 18.1 Å². The van der Waals surface area contributed by atoms with Crippen molar-refractivity contribution in [3.8, 4) is 0 Å². The van der Waals surface area contributed by atoms with Crippen molar-refractivity contribution in [1.82, 2.24) is 15.1 Å². The highest BCUT2D eigenvalue weighted by Gasteiger charge is 2.60. The van der Waals surface area contributed by atoms with E-state index in [1.165, 1.54) is 17.7 Å². The molecule has 4 heterocycles. The van der Waals surface area contributed by atoms with Crippen LogP contribution in [0.3, 0.4) is 0 Å². The molecular weight excluding hydrogens is 378 g/mol. The maximum Gasteiger partial charge on any atom is 0.353 e. The third-order valence-corrected chi connectivity index (χ3v) is 8.57. The number of aliphatic hydroxyl groups excluding tert-OH is 1. The molecule has 0 radical (unpaired) electrons. The number of piperidine rings is 1. The third-order valence-electron chi connectivity index (χ3n) is 7.06. The second kappa shape index (κ2) is 7.63. The van der Waals surface area contributed by atoms with Gasteiger partial charge in [0.25, 0.3) is 0 Å². The van der Waals surface area contributed by atoms with Crippen LogP contribution in [0.2, 0.25) is 0 Å². The van der Waals surface area contributed by atoms with Gasteiger partial charge in [0, 0.05) is 28.7 Å². The predicted octanol–water partition coefficient (Wildman–Crippen LogP) is 0.946. The Labute approximate surface area is 170 Å². The van der Waals surface area contributed by atoms with E-state index < -0.39 is 18.0 Å². The van der Waals surface area contributed by atoms with E-state index in [-0.39, 0.29) is 23.6 Å². The van der Waals surface area contributed by atoms with Crippen molar-refractivity contribution in [1.29, 1.82) is 0 Å². The molecule has 0 unspecified atom stereocenters. The summed E-state index contributed by atoms with van der Waals surface area (Å²) in [7, 11) is 2.17. The quantitative estimate of drug-likeness (QED) is 0.582. The standard InChI is InChI=1S/C20H31N3O4S/c1-10-16-15(11(2)24)19(25)23(16)17(20(26)27)18(10)28-13-8-14(21-9-13)12-4-6-22(3)7-5-12/h10-16,21,24H,4-9H2,1-3H3,(H,26,27)/t10-,11-,13+,14+,15-,16-/m1/s1. The Kier molecular flexibility index (Phi) is 5.50. The highest BCUT2D eigenvalue weighted by molar-refractivity contribution is 8.03. The van der Waals surface area contributed by atoms with Gasteiger partial charge < -0.3 is 25.3 Å². The molecule has 156 valence electrons. The molecule has 0 bridgehead atoms. The number of carboxylic acid groups (broad SMARTS) is 1. The Morgan fingerprint density at radius 3 is 2.61 bits per heavy atom. The molecule has 0 aromatic carbocycles. The molecule has 0 aromatic heterocycles. The molecule has 7 nitrogen and oxygen atoms in total. The average molecular weight is 410 g/mol. The van der Waals surface area contributed by atoms with Crippen LogP contribution in [0.25, 0.3) is 0 Å². The number of carbonyl (C=O) groups is 2. The molecule has 0 spiro atoms. The first-order valence-corrected chi connectivity index (χ1v) is 11.2. The lowest BCUT2D eigenvalue weighted by Gasteiger charge is -2.46. The number of hydrogen-bond acceptors (Lipinski definition) is 6. The first-order chi connectivity index (χ1) is 13.3. The zero-order valence-electron chi connectivity index (χ0n) is 16.8. The van der Waals surface area contributed by atoms with Crippen molar-refractivity contribution >= 4 is 23.6 Å². The SMILES string of the molecule is C[C@@H](O)[C@H]1C(=O)N2C(C(=O)O)=C(S[C@@H]3CN[C@H](C4CCN(C)CC4)C3)[C@H](C)[C@H]12. The summed E-state index contributed by atoms with van der Waals surface area (Å²) in [6.07, 6.45) is 2.72. The summed E-state index contributed by atoms with van der Waals surface area (Å²) in [6, 6.07) is 0.279. The van der Waals surface area contributed by atoms with Crippen molar-refractivity contribution in [3.63, 3.8) is 0 Å². The minimum Gasteiger partial charge on any atom is -0.477 e. The summed E-state index contributed by atoms with van der Waals surface area (Å²) in [4.78, 5) is 29.0. The summed E-state index contributed by atoms with van der Waals surface area (Å²) >= 11 is 1.64. The fraction of sp³-hybridized carbons (Fsp3) is 0.800. The molecular formula is C20H31N3O4S. The van der Waals surface area contributed by atoms with E-state index in [2.05, 4.69) is 17.3 Å². The number of thioether (sulfide) groups is 1. The van der Waals surface area contributed by atoms with Crippen molar-refractivity contribution in [2.24, 2.45) is 17.8 Å². The summed E-state index contributed by atoms with van der Waals surface area (Å²) in [5.41, 5.74) is 0.146. The van der Waals surface area contributed by atoms with Crippen LogP contribution >= 0.6 is 11.8 Å². The second-order valence-corrected chi connectivity index (χ2v) is 10.2. The van der Waals surface area contributed by atoms with E-state index in [9.17, 15) is 19.8 Å². The van der Waals surface area contributed by atoms with Gasteiger partial charge in [0.15, 0.2) is 0 Å². The molecule has 6 atom stereocenters. The molecule has 28 heavy (non-hydrogen) atoms. The third kappa shape index (κ3) is 3.28. The lowest BCUT2D eigenvalue weighted by Crippen LogP contribution is -2.63. The Bertz CT molecular complexity index is 689. The molecule has 0 aromatic rings. The van der Waals surface area contributed by atoms with E-state index in [0.717, 1.165) is 31.0 Å². The summed E-state index contributed by atoms with van der Waals surface area (Å²) < 4.78 is 0. The Hall–Kier alpha value is -1.09. The maximum atomic E-state index is 12.5.